The van der Waals surface area contributed by atoms with E-state index < -0.39 is 0 Å². The van der Waals surface area contributed by atoms with Crippen molar-refractivity contribution in [1.29, 1.82) is 0 Å². The molecule has 0 aliphatic heterocycles. The van der Waals surface area contributed by atoms with Gasteiger partial charge in [0.05, 0.1) is 24.4 Å². The summed E-state index contributed by atoms with van der Waals surface area (Å²) in [5, 5.41) is 3.17. The lowest BCUT2D eigenvalue weighted by atomic mass is 10.1. The molecule has 106 valence electrons. The molecule has 0 amide bonds. The molecule has 0 unspecified atom stereocenters. The van der Waals surface area contributed by atoms with Crippen LogP contribution in [0.4, 0.5) is 5.95 Å². The van der Waals surface area contributed by atoms with Gasteiger partial charge in [0.1, 0.15) is 0 Å². The average molecular weight is 338 g/mol. The number of nitrogens with one attached hydrogen (secondary N) is 1. The van der Waals surface area contributed by atoms with E-state index >= 15 is 0 Å². The Morgan fingerprint density at radius 3 is 2.80 bits per heavy atom. The van der Waals surface area contributed by atoms with Gasteiger partial charge in [0, 0.05) is 13.7 Å². The smallest absolute Gasteiger partial charge is 0.232 e. The summed E-state index contributed by atoms with van der Waals surface area (Å²) in [6.45, 7) is 1.25. The van der Waals surface area contributed by atoms with Crippen molar-refractivity contribution in [2.24, 2.45) is 0 Å². The maximum atomic E-state index is 5.13. The van der Waals surface area contributed by atoms with Gasteiger partial charge in [-0.2, -0.15) is 4.98 Å². The largest absolute Gasteiger partial charge is 0.480 e. The van der Waals surface area contributed by atoms with Gasteiger partial charge in [-0.3, -0.25) is 0 Å². The molecule has 5 nitrogen and oxygen atoms in total. The summed E-state index contributed by atoms with van der Waals surface area (Å²) in [4.78, 5) is 8.44. The van der Waals surface area contributed by atoms with Crippen molar-refractivity contribution < 1.29 is 9.47 Å². The summed E-state index contributed by atoms with van der Waals surface area (Å²) in [5.74, 6) is 1.04. The fourth-order valence-corrected chi connectivity index (χ4v) is 2.11. The highest BCUT2D eigenvalue weighted by Gasteiger charge is 2.05. The van der Waals surface area contributed by atoms with Crippen LogP contribution >= 0.6 is 15.9 Å². The highest BCUT2D eigenvalue weighted by Crippen LogP contribution is 2.22. The fourth-order valence-electron chi connectivity index (χ4n) is 1.76. The number of hydrogen-bond acceptors (Lipinski definition) is 5. The number of methoxy groups -OCH3 is 2. The van der Waals surface area contributed by atoms with Gasteiger partial charge in [0.15, 0.2) is 0 Å². The molecule has 6 heteroatoms. The number of halogens is 1. The van der Waals surface area contributed by atoms with Gasteiger partial charge in [0.2, 0.25) is 11.8 Å². The zero-order valence-corrected chi connectivity index (χ0v) is 13.0. The molecule has 0 aliphatic rings. The maximum absolute atomic E-state index is 5.13. The average Bonchev–Trinajstić information content (AvgIpc) is 2.47. The molecule has 0 saturated carbocycles. The topological polar surface area (TPSA) is 56.3 Å². The standard InChI is InChI=1S/C14H16BrN3O2/c1-19-9-11-5-3-4-10(6-11)7-16-14-17-8-12(15)13(18-14)20-2/h3-6,8H,7,9H2,1-2H3,(H,16,17,18). The Balaban J connectivity index is 2.03. The number of ether oxygens (including phenoxy) is 2. The molecule has 2 rings (SSSR count). The molecule has 0 atom stereocenters. The van der Waals surface area contributed by atoms with E-state index in [2.05, 4.69) is 37.3 Å². The van der Waals surface area contributed by atoms with Crippen LogP contribution in [0.25, 0.3) is 0 Å². The van der Waals surface area contributed by atoms with Crippen molar-refractivity contribution in [1.82, 2.24) is 9.97 Å². The van der Waals surface area contributed by atoms with Crippen LogP contribution in [0, 0.1) is 0 Å². The first-order valence-corrected chi connectivity index (χ1v) is 6.89. The van der Waals surface area contributed by atoms with Crippen LogP contribution in [-0.4, -0.2) is 24.2 Å². The molecule has 20 heavy (non-hydrogen) atoms. The van der Waals surface area contributed by atoms with Gasteiger partial charge in [-0.15, -0.1) is 0 Å². The van der Waals surface area contributed by atoms with Crippen molar-refractivity contribution in [3.8, 4) is 5.88 Å². The molecule has 0 spiro atoms. The molecule has 0 radical (unpaired) electrons. The van der Waals surface area contributed by atoms with E-state index in [9.17, 15) is 0 Å². The first-order chi connectivity index (χ1) is 9.72. The molecule has 1 aromatic heterocycles. The van der Waals surface area contributed by atoms with E-state index in [0.717, 1.165) is 15.6 Å². The minimum atomic E-state index is 0.510. The van der Waals surface area contributed by atoms with Gasteiger partial charge in [-0.1, -0.05) is 24.3 Å². The summed E-state index contributed by atoms with van der Waals surface area (Å²) in [6, 6.07) is 8.18. The highest BCUT2D eigenvalue weighted by atomic mass is 79.9. The molecule has 0 saturated heterocycles. The molecule has 2 aromatic rings. The monoisotopic (exact) mass is 337 g/mol. The Morgan fingerprint density at radius 1 is 1.25 bits per heavy atom. The molecule has 0 bridgehead atoms. The number of anilines is 1. The molecular formula is C14H16BrN3O2. The third-order valence-electron chi connectivity index (χ3n) is 2.66. The van der Waals surface area contributed by atoms with Crippen LogP contribution in [-0.2, 0) is 17.9 Å². The quantitative estimate of drug-likeness (QED) is 0.878. The van der Waals surface area contributed by atoms with Crippen molar-refractivity contribution in [3.63, 3.8) is 0 Å². The number of nitrogens with zero attached hydrogens (tertiary/aromatic N) is 2. The third kappa shape index (κ3) is 3.91. The Morgan fingerprint density at radius 2 is 2.05 bits per heavy atom. The summed E-state index contributed by atoms with van der Waals surface area (Å²) in [7, 11) is 3.26. The lowest BCUT2D eigenvalue weighted by Gasteiger charge is -2.08. The summed E-state index contributed by atoms with van der Waals surface area (Å²) in [6.07, 6.45) is 1.66. The SMILES string of the molecule is COCc1cccc(CNc2ncc(Br)c(OC)n2)c1. The van der Waals surface area contributed by atoms with Crippen molar-refractivity contribution in [2.75, 3.05) is 19.5 Å². The van der Waals surface area contributed by atoms with E-state index in [1.54, 1.807) is 20.4 Å². The molecular weight excluding hydrogens is 322 g/mol. The number of rotatable bonds is 6. The van der Waals surface area contributed by atoms with Crippen LogP contribution in [0.15, 0.2) is 34.9 Å². The first kappa shape index (κ1) is 14.7. The third-order valence-corrected chi connectivity index (χ3v) is 3.20. The van der Waals surface area contributed by atoms with Crippen molar-refractivity contribution in [3.05, 3.63) is 46.1 Å². The minimum absolute atomic E-state index is 0.510. The van der Waals surface area contributed by atoms with Crippen molar-refractivity contribution >= 4 is 21.9 Å². The maximum Gasteiger partial charge on any atom is 0.232 e. The van der Waals surface area contributed by atoms with E-state index in [1.807, 2.05) is 18.2 Å². The fraction of sp³-hybridized carbons (Fsp3) is 0.286. The van der Waals surface area contributed by atoms with Gasteiger partial charge < -0.3 is 14.8 Å². The lowest BCUT2D eigenvalue weighted by molar-refractivity contribution is 0.185. The number of aromatic nitrogens is 2. The van der Waals surface area contributed by atoms with Gasteiger partial charge in [-0.25, -0.2) is 4.98 Å². The second-order valence-electron chi connectivity index (χ2n) is 4.16. The van der Waals surface area contributed by atoms with Crippen molar-refractivity contribution in [2.45, 2.75) is 13.2 Å². The Labute approximate surface area is 126 Å². The van der Waals surface area contributed by atoms with Crippen LogP contribution in [0.5, 0.6) is 5.88 Å². The summed E-state index contributed by atoms with van der Waals surface area (Å²) >= 11 is 3.32. The highest BCUT2D eigenvalue weighted by molar-refractivity contribution is 9.10. The Hall–Kier alpha value is -1.66. The summed E-state index contributed by atoms with van der Waals surface area (Å²) in [5.41, 5.74) is 2.28. The van der Waals surface area contributed by atoms with Crippen LogP contribution < -0.4 is 10.1 Å². The number of benzene rings is 1. The molecule has 1 N–H and O–H groups in total. The molecule has 1 aromatic carbocycles. The molecule has 0 aliphatic carbocycles. The minimum Gasteiger partial charge on any atom is -0.480 e. The van der Waals surface area contributed by atoms with Gasteiger partial charge >= 0.3 is 0 Å². The predicted octanol–water partition coefficient (Wildman–Crippen LogP) is 3.01. The van der Waals surface area contributed by atoms with E-state index in [-0.39, 0.29) is 0 Å². The normalized spacial score (nSPS) is 10.3. The van der Waals surface area contributed by atoms with Crippen LogP contribution in [0.1, 0.15) is 11.1 Å². The number of hydrogen-bond donors (Lipinski definition) is 1. The van der Waals surface area contributed by atoms with E-state index in [4.69, 9.17) is 9.47 Å². The molecule has 1 heterocycles. The summed E-state index contributed by atoms with van der Waals surface area (Å²) < 4.78 is 11.0. The Bertz CT molecular complexity index is 578. The van der Waals surface area contributed by atoms with Crippen LogP contribution in [0.3, 0.4) is 0 Å². The van der Waals surface area contributed by atoms with E-state index in [0.29, 0.717) is 25.0 Å². The second-order valence-corrected chi connectivity index (χ2v) is 5.01. The Kier molecular flexibility index (Phi) is 5.31. The first-order valence-electron chi connectivity index (χ1n) is 6.10. The van der Waals surface area contributed by atoms with Gasteiger partial charge in [-0.05, 0) is 27.1 Å². The lowest BCUT2D eigenvalue weighted by Crippen LogP contribution is -2.05. The van der Waals surface area contributed by atoms with Crippen LogP contribution in [0.2, 0.25) is 0 Å². The zero-order chi connectivity index (χ0) is 14.4. The zero-order valence-electron chi connectivity index (χ0n) is 11.4. The molecule has 0 fully saturated rings. The van der Waals surface area contributed by atoms with E-state index in [1.165, 1.54) is 0 Å². The van der Waals surface area contributed by atoms with Gasteiger partial charge in [0.25, 0.3) is 0 Å². The second kappa shape index (κ2) is 7.21. The predicted molar refractivity (Wildman–Crippen MR) is 80.8 cm³/mol.